The molecular weight excluding hydrogens is 330 g/mol. The van der Waals surface area contributed by atoms with Gasteiger partial charge in [-0.15, -0.1) is 10.2 Å². The highest BCUT2D eigenvalue weighted by atomic mass is 35.5. The summed E-state index contributed by atoms with van der Waals surface area (Å²) in [5.74, 6) is 1.10. The predicted molar refractivity (Wildman–Crippen MR) is 89.4 cm³/mol. The molecule has 0 unspecified atom stereocenters. The molecule has 0 aliphatic heterocycles. The molecule has 1 aliphatic rings. The third-order valence-electron chi connectivity index (χ3n) is 3.68. The van der Waals surface area contributed by atoms with Crippen molar-refractivity contribution >= 4 is 17.5 Å². The highest BCUT2D eigenvalue weighted by molar-refractivity contribution is 6.30. The summed E-state index contributed by atoms with van der Waals surface area (Å²) in [4.78, 5) is 13.1. The van der Waals surface area contributed by atoms with Crippen molar-refractivity contribution in [3.63, 3.8) is 0 Å². The number of hydrogen-bond acceptors (Lipinski definition) is 5. The Kier molecular flexibility index (Phi) is 5.77. The Hall–Kier alpha value is -1.99. The number of nitrogens with zero attached hydrogens (tertiary/aromatic N) is 4. The summed E-state index contributed by atoms with van der Waals surface area (Å²) in [5.41, 5.74) is 0.805. The minimum Gasteiger partial charge on any atom is -0.381 e. The first-order chi connectivity index (χ1) is 11.7. The van der Waals surface area contributed by atoms with Crippen molar-refractivity contribution in [2.45, 2.75) is 25.8 Å². The van der Waals surface area contributed by atoms with Gasteiger partial charge in [0.25, 0.3) is 0 Å². The molecule has 1 fully saturated rings. The molecule has 1 aliphatic carbocycles. The highest BCUT2D eigenvalue weighted by Crippen LogP contribution is 2.28. The maximum absolute atomic E-state index is 11.9. The summed E-state index contributed by atoms with van der Waals surface area (Å²) in [6.45, 7) is 2.16. The summed E-state index contributed by atoms with van der Waals surface area (Å²) in [6, 6.07) is 7.14. The van der Waals surface area contributed by atoms with Crippen LogP contribution in [0, 0.1) is 5.92 Å². The zero-order valence-electron chi connectivity index (χ0n) is 13.3. The van der Waals surface area contributed by atoms with Gasteiger partial charge in [0, 0.05) is 30.3 Å². The number of ether oxygens (including phenoxy) is 1. The van der Waals surface area contributed by atoms with E-state index in [2.05, 4.69) is 20.7 Å². The van der Waals surface area contributed by atoms with Crippen LogP contribution in [0.1, 0.15) is 19.3 Å². The van der Waals surface area contributed by atoms with Crippen molar-refractivity contribution in [2.75, 3.05) is 19.8 Å². The number of aromatic nitrogens is 4. The van der Waals surface area contributed by atoms with E-state index in [1.807, 2.05) is 12.1 Å². The average molecular weight is 350 g/mol. The monoisotopic (exact) mass is 349 g/mol. The van der Waals surface area contributed by atoms with Crippen molar-refractivity contribution in [3.8, 4) is 11.4 Å². The van der Waals surface area contributed by atoms with Gasteiger partial charge in [0.1, 0.15) is 6.54 Å². The van der Waals surface area contributed by atoms with E-state index in [1.54, 1.807) is 12.1 Å². The Labute approximate surface area is 145 Å². The van der Waals surface area contributed by atoms with Crippen LogP contribution in [0.3, 0.4) is 0 Å². The second-order valence-electron chi connectivity index (χ2n) is 5.87. The normalized spacial score (nSPS) is 13.9. The van der Waals surface area contributed by atoms with E-state index in [0.29, 0.717) is 24.0 Å². The molecule has 7 nitrogen and oxygen atoms in total. The fraction of sp³-hybridized carbons (Fsp3) is 0.500. The van der Waals surface area contributed by atoms with E-state index in [1.165, 1.54) is 17.6 Å². The smallest absolute Gasteiger partial charge is 0.243 e. The van der Waals surface area contributed by atoms with Gasteiger partial charge in [-0.2, -0.15) is 4.80 Å². The van der Waals surface area contributed by atoms with Gasteiger partial charge < -0.3 is 10.1 Å². The Morgan fingerprint density at radius 1 is 1.33 bits per heavy atom. The number of benzene rings is 1. The van der Waals surface area contributed by atoms with Crippen LogP contribution in [0.2, 0.25) is 5.02 Å². The largest absolute Gasteiger partial charge is 0.381 e. The van der Waals surface area contributed by atoms with Crippen LogP contribution < -0.4 is 5.32 Å². The number of rotatable bonds is 9. The van der Waals surface area contributed by atoms with Crippen LogP contribution in [0.5, 0.6) is 0 Å². The van der Waals surface area contributed by atoms with E-state index in [0.717, 1.165) is 24.5 Å². The summed E-state index contributed by atoms with van der Waals surface area (Å²) in [6.07, 6.45) is 3.39. The summed E-state index contributed by atoms with van der Waals surface area (Å²) < 4.78 is 5.52. The third kappa shape index (κ3) is 5.28. The fourth-order valence-corrected chi connectivity index (χ4v) is 2.27. The summed E-state index contributed by atoms with van der Waals surface area (Å²) >= 11 is 5.85. The van der Waals surface area contributed by atoms with Gasteiger partial charge in [-0.25, -0.2) is 0 Å². The molecule has 24 heavy (non-hydrogen) atoms. The fourth-order valence-electron chi connectivity index (χ4n) is 2.15. The van der Waals surface area contributed by atoms with Crippen LogP contribution >= 0.6 is 11.6 Å². The zero-order chi connectivity index (χ0) is 16.8. The van der Waals surface area contributed by atoms with Crippen LogP contribution in [-0.4, -0.2) is 45.9 Å². The molecule has 1 aromatic heterocycles. The lowest BCUT2D eigenvalue weighted by Crippen LogP contribution is -2.29. The topological polar surface area (TPSA) is 81.9 Å². The van der Waals surface area contributed by atoms with E-state index in [4.69, 9.17) is 16.3 Å². The first-order valence-corrected chi connectivity index (χ1v) is 8.47. The van der Waals surface area contributed by atoms with Gasteiger partial charge in [-0.05, 0) is 54.7 Å². The van der Waals surface area contributed by atoms with Crippen LogP contribution in [0.15, 0.2) is 24.3 Å². The minimum atomic E-state index is -0.141. The lowest BCUT2D eigenvalue weighted by Gasteiger charge is -2.05. The van der Waals surface area contributed by atoms with Crippen molar-refractivity contribution in [3.05, 3.63) is 29.3 Å². The minimum absolute atomic E-state index is 0.0452. The van der Waals surface area contributed by atoms with Crippen molar-refractivity contribution < 1.29 is 9.53 Å². The van der Waals surface area contributed by atoms with Crippen molar-refractivity contribution in [1.29, 1.82) is 0 Å². The first kappa shape index (κ1) is 16.9. The van der Waals surface area contributed by atoms with E-state index < -0.39 is 0 Å². The molecule has 3 rings (SSSR count). The third-order valence-corrected chi connectivity index (χ3v) is 3.93. The van der Waals surface area contributed by atoms with Crippen LogP contribution in [0.25, 0.3) is 11.4 Å². The van der Waals surface area contributed by atoms with Gasteiger partial charge >= 0.3 is 0 Å². The maximum atomic E-state index is 11.9. The summed E-state index contributed by atoms with van der Waals surface area (Å²) in [7, 11) is 0. The SMILES string of the molecule is O=C(Cn1nnc(-c2ccc(Cl)cc2)n1)NCCCOCC1CC1. The van der Waals surface area contributed by atoms with Gasteiger partial charge in [0.05, 0.1) is 0 Å². The molecule has 1 N–H and O–H groups in total. The van der Waals surface area contributed by atoms with E-state index in [-0.39, 0.29) is 12.5 Å². The van der Waals surface area contributed by atoms with Gasteiger partial charge in [0.2, 0.25) is 11.7 Å². The quantitative estimate of drug-likeness (QED) is 0.699. The Morgan fingerprint density at radius 2 is 2.12 bits per heavy atom. The molecular formula is C16H20ClN5O2. The molecule has 0 bridgehead atoms. The van der Waals surface area contributed by atoms with Crippen molar-refractivity contribution in [2.24, 2.45) is 5.92 Å². The molecule has 1 heterocycles. The number of carbonyl (C=O) groups is 1. The first-order valence-electron chi connectivity index (χ1n) is 8.09. The maximum Gasteiger partial charge on any atom is 0.243 e. The Morgan fingerprint density at radius 3 is 2.88 bits per heavy atom. The molecule has 8 heteroatoms. The zero-order valence-corrected chi connectivity index (χ0v) is 14.1. The molecule has 128 valence electrons. The molecule has 0 spiro atoms. The van der Waals surface area contributed by atoms with Gasteiger partial charge in [-0.1, -0.05) is 11.6 Å². The number of nitrogens with one attached hydrogen (secondary N) is 1. The number of amides is 1. The second-order valence-corrected chi connectivity index (χ2v) is 6.31. The number of halogens is 1. The molecule has 1 amide bonds. The lowest BCUT2D eigenvalue weighted by atomic mass is 10.2. The average Bonchev–Trinajstić information content (AvgIpc) is 3.29. The van der Waals surface area contributed by atoms with E-state index in [9.17, 15) is 4.79 Å². The molecule has 1 aromatic carbocycles. The molecule has 0 saturated heterocycles. The van der Waals surface area contributed by atoms with Gasteiger partial charge in [-0.3, -0.25) is 4.79 Å². The van der Waals surface area contributed by atoms with Crippen LogP contribution in [-0.2, 0) is 16.1 Å². The van der Waals surface area contributed by atoms with E-state index >= 15 is 0 Å². The molecule has 0 radical (unpaired) electrons. The Balaban J connectivity index is 1.37. The lowest BCUT2D eigenvalue weighted by molar-refractivity contribution is -0.122. The predicted octanol–water partition coefficient (Wildman–Crippen LogP) is 1.93. The number of carbonyl (C=O) groups excluding carboxylic acids is 1. The standard InChI is InChI=1S/C16H20ClN5O2/c17-14-6-4-13(5-7-14)16-19-21-22(20-16)10-15(23)18-8-1-9-24-11-12-2-3-12/h4-7,12H,1-3,8-11H2,(H,18,23). The molecule has 2 aromatic rings. The number of hydrogen-bond donors (Lipinski definition) is 1. The summed E-state index contributed by atoms with van der Waals surface area (Å²) in [5, 5.41) is 15.5. The number of tetrazole rings is 1. The van der Waals surface area contributed by atoms with Crippen LogP contribution in [0.4, 0.5) is 0 Å². The molecule has 1 saturated carbocycles. The Bertz CT molecular complexity index is 669. The highest BCUT2D eigenvalue weighted by Gasteiger charge is 2.20. The molecule has 0 atom stereocenters. The van der Waals surface area contributed by atoms with Gasteiger partial charge in [0.15, 0.2) is 0 Å². The second kappa shape index (κ2) is 8.21. The van der Waals surface area contributed by atoms with Crippen molar-refractivity contribution in [1.82, 2.24) is 25.5 Å².